The van der Waals surface area contributed by atoms with E-state index in [-0.39, 0.29) is 0 Å². The number of aryl methyl sites for hydroxylation is 2. The Morgan fingerprint density at radius 3 is 1.79 bits per heavy atom. The standard InChI is InChI=1S/C16H24O.C16H18/c1-3-4-13-5-7-14(8-6-13)15-9-11-16(17-2)12-10-15;1-3-4-14-7-11-16(12-8-14)15-9-5-13(2)6-10-15/h9-14H,3-8H2,1-2H3;5-12H,3-4H2,1-2H3. The van der Waals surface area contributed by atoms with Crippen molar-refractivity contribution in [2.45, 2.75) is 78.1 Å². The molecule has 33 heavy (non-hydrogen) atoms. The fourth-order valence-electron chi connectivity index (χ4n) is 4.97. The number of methoxy groups -OCH3 is 1. The third-order valence-electron chi connectivity index (χ3n) is 7.01. The Balaban J connectivity index is 0.000000186. The van der Waals surface area contributed by atoms with Gasteiger partial charge in [-0.05, 0) is 85.3 Å². The monoisotopic (exact) mass is 442 g/mol. The average Bonchev–Trinajstić information content (AvgIpc) is 2.86. The highest BCUT2D eigenvalue weighted by Crippen LogP contribution is 2.37. The van der Waals surface area contributed by atoms with Crippen molar-refractivity contribution in [2.24, 2.45) is 5.92 Å². The van der Waals surface area contributed by atoms with E-state index in [9.17, 15) is 0 Å². The molecule has 0 saturated heterocycles. The van der Waals surface area contributed by atoms with Crippen LogP contribution in [-0.4, -0.2) is 7.11 Å². The molecule has 1 aliphatic carbocycles. The summed E-state index contributed by atoms with van der Waals surface area (Å²) in [5, 5.41) is 0. The van der Waals surface area contributed by atoms with E-state index in [1.54, 1.807) is 7.11 Å². The quantitative estimate of drug-likeness (QED) is 0.354. The van der Waals surface area contributed by atoms with Gasteiger partial charge in [0.25, 0.3) is 0 Å². The topological polar surface area (TPSA) is 9.23 Å². The Bertz CT molecular complexity index is 914. The first-order valence-electron chi connectivity index (χ1n) is 12.9. The molecule has 0 heterocycles. The summed E-state index contributed by atoms with van der Waals surface area (Å²) in [4.78, 5) is 0. The van der Waals surface area contributed by atoms with Crippen LogP contribution in [-0.2, 0) is 6.42 Å². The normalized spacial score (nSPS) is 17.7. The van der Waals surface area contributed by atoms with Crippen molar-refractivity contribution in [2.75, 3.05) is 7.11 Å². The smallest absolute Gasteiger partial charge is 0.118 e. The van der Waals surface area contributed by atoms with Crippen LogP contribution in [0.5, 0.6) is 5.75 Å². The van der Waals surface area contributed by atoms with Gasteiger partial charge < -0.3 is 4.74 Å². The summed E-state index contributed by atoms with van der Waals surface area (Å²) in [6, 6.07) is 26.3. The summed E-state index contributed by atoms with van der Waals surface area (Å²) in [5.74, 6) is 2.75. The number of benzene rings is 3. The summed E-state index contributed by atoms with van der Waals surface area (Å²) in [7, 11) is 1.73. The van der Waals surface area contributed by atoms with E-state index < -0.39 is 0 Å². The highest BCUT2D eigenvalue weighted by Gasteiger charge is 2.21. The molecule has 1 saturated carbocycles. The van der Waals surface area contributed by atoms with Crippen LogP contribution in [0.3, 0.4) is 0 Å². The van der Waals surface area contributed by atoms with Crippen LogP contribution in [0.4, 0.5) is 0 Å². The van der Waals surface area contributed by atoms with Crippen LogP contribution in [0.25, 0.3) is 11.1 Å². The second-order valence-electron chi connectivity index (χ2n) is 9.59. The zero-order valence-electron chi connectivity index (χ0n) is 21.1. The lowest BCUT2D eigenvalue weighted by molar-refractivity contribution is 0.308. The van der Waals surface area contributed by atoms with Crippen molar-refractivity contribution in [3.63, 3.8) is 0 Å². The van der Waals surface area contributed by atoms with Crippen molar-refractivity contribution < 1.29 is 4.74 Å². The minimum Gasteiger partial charge on any atom is -0.497 e. The molecule has 0 N–H and O–H groups in total. The largest absolute Gasteiger partial charge is 0.497 e. The Hall–Kier alpha value is -2.54. The number of ether oxygens (including phenoxy) is 1. The lowest BCUT2D eigenvalue weighted by atomic mass is 9.77. The van der Waals surface area contributed by atoms with Gasteiger partial charge in [-0.1, -0.05) is 99.3 Å². The lowest BCUT2D eigenvalue weighted by Crippen LogP contribution is -2.13. The molecule has 1 nitrogen and oxygen atoms in total. The van der Waals surface area contributed by atoms with Crippen molar-refractivity contribution >= 4 is 0 Å². The van der Waals surface area contributed by atoms with Gasteiger partial charge in [-0.2, -0.15) is 0 Å². The summed E-state index contributed by atoms with van der Waals surface area (Å²) >= 11 is 0. The summed E-state index contributed by atoms with van der Waals surface area (Å²) in [6.45, 7) is 6.64. The molecular formula is C32H42O. The Morgan fingerprint density at radius 2 is 1.27 bits per heavy atom. The van der Waals surface area contributed by atoms with Crippen LogP contribution < -0.4 is 4.74 Å². The fraction of sp³-hybridized carbons (Fsp3) is 0.438. The first-order chi connectivity index (χ1) is 16.1. The molecular weight excluding hydrogens is 400 g/mol. The second-order valence-corrected chi connectivity index (χ2v) is 9.59. The van der Waals surface area contributed by atoms with Crippen LogP contribution in [0.1, 0.15) is 81.4 Å². The predicted molar refractivity (Wildman–Crippen MR) is 143 cm³/mol. The van der Waals surface area contributed by atoms with E-state index in [4.69, 9.17) is 4.74 Å². The molecule has 3 aromatic rings. The molecule has 0 aromatic heterocycles. The molecule has 3 aromatic carbocycles. The zero-order chi connectivity index (χ0) is 23.5. The average molecular weight is 443 g/mol. The zero-order valence-corrected chi connectivity index (χ0v) is 21.1. The van der Waals surface area contributed by atoms with Gasteiger partial charge >= 0.3 is 0 Å². The Kier molecular flexibility index (Phi) is 10.1. The third-order valence-corrected chi connectivity index (χ3v) is 7.01. The fourth-order valence-corrected chi connectivity index (χ4v) is 4.97. The molecule has 0 spiro atoms. The Morgan fingerprint density at radius 1 is 0.697 bits per heavy atom. The van der Waals surface area contributed by atoms with Gasteiger partial charge in [0, 0.05) is 0 Å². The molecule has 0 bridgehead atoms. The van der Waals surface area contributed by atoms with Crippen LogP contribution in [0.2, 0.25) is 0 Å². The van der Waals surface area contributed by atoms with Crippen molar-refractivity contribution in [3.05, 3.63) is 89.5 Å². The molecule has 4 rings (SSSR count). The first kappa shape index (κ1) is 25.1. The minimum absolute atomic E-state index is 0.786. The lowest BCUT2D eigenvalue weighted by Gasteiger charge is -2.28. The molecule has 0 amide bonds. The molecule has 0 unspecified atom stereocenters. The summed E-state index contributed by atoms with van der Waals surface area (Å²) < 4.78 is 5.21. The van der Waals surface area contributed by atoms with Crippen LogP contribution in [0, 0.1) is 12.8 Å². The van der Waals surface area contributed by atoms with Crippen molar-refractivity contribution in [1.82, 2.24) is 0 Å². The molecule has 1 aliphatic rings. The number of hydrogen-bond acceptors (Lipinski definition) is 1. The van der Waals surface area contributed by atoms with Crippen LogP contribution in [0.15, 0.2) is 72.8 Å². The van der Waals surface area contributed by atoms with Gasteiger partial charge in [-0.15, -0.1) is 0 Å². The van der Waals surface area contributed by atoms with E-state index in [1.165, 1.54) is 79.2 Å². The maximum absolute atomic E-state index is 5.21. The second kappa shape index (κ2) is 13.2. The highest BCUT2D eigenvalue weighted by atomic mass is 16.5. The predicted octanol–water partition coefficient (Wildman–Crippen LogP) is 9.38. The molecule has 1 heteroatoms. The van der Waals surface area contributed by atoms with Crippen molar-refractivity contribution in [3.8, 4) is 16.9 Å². The van der Waals surface area contributed by atoms with Gasteiger partial charge in [-0.3, -0.25) is 0 Å². The van der Waals surface area contributed by atoms with E-state index in [1.807, 2.05) is 0 Å². The SMILES string of the molecule is CCCC1CCC(c2ccc(OC)cc2)CC1.CCCc1ccc(-c2ccc(C)cc2)cc1. The van der Waals surface area contributed by atoms with Gasteiger partial charge in [0.2, 0.25) is 0 Å². The minimum atomic E-state index is 0.786. The van der Waals surface area contributed by atoms with E-state index in [2.05, 4.69) is 93.6 Å². The molecule has 0 atom stereocenters. The first-order valence-corrected chi connectivity index (χ1v) is 12.9. The number of rotatable bonds is 7. The maximum Gasteiger partial charge on any atom is 0.118 e. The molecule has 1 fully saturated rings. The Labute approximate surface area is 202 Å². The van der Waals surface area contributed by atoms with Gasteiger partial charge in [-0.25, -0.2) is 0 Å². The van der Waals surface area contributed by atoms with E-state index in [0.717, 1.165) is 17.6 Å². The molecule has 0 radical (unpaired) electrons. The third kappa shape index (κ3) is 7.77. The molecule has 176 valence electrons. The van der Waals surface area contributed by atoms with Gasteiger partial charge in [0.15, 0.2) is 0 Å². The van der Waals surface area contributed by atoms with Gasteiger partial charge in [0.1, 0.15) is 5.75 Å². The maximum atomic E-state index is 5.21. The summed E-state index contributed by atoms with van der Waals surface area (Å²) in [5.41, 5.74) is 6.85. The number of hydrogen-bond donors (Lipinski definition) is 0. The van der Waals surface area contributed by atoms with E-state index in [0.29, 0.717) is 0 Å². The van der Waals surface area contributed by atoms with Crippen LogP contribution >= 0.6 is 0 Å². The molecule has 0 aliphatic heterocycles. The van der Waals surface area contributed by atoms with Gasteiger partial charge in [0.05, 0.1) is 7.11 Å². The van der Waals surface area contributed by atoms with E-state index >= 15 is 0 Å². The highest BCUT2D eigenvalue weighted by molar-refractivity contribution is 5.63. The van der Waals surface area contributed by atoms with Crippen molar-refractivity contribution in [1.29, 1.82) is 0 Å². The summed E-state index contributed by atoms with van der Waals surface area (Å²) in [6.07, 6.45) is 10.7.